The molecule has 2 heterocycles. The molecule has 12 nitrogen and oxygen atoms in total. The van der Waals surface area contributed by atoms with Crippen LogP contribution in [-0.4, -0.2) is 88.9 Å². The molecular formula is C40H57IN2O10SSi. The minimum Gasteiger partial charge on any atom is -0.463 e. The van der Waals surface area contributed by atoms with Crippen molar-refractivity contribution in [3.05, 3.63) is 56.7 Å². The summed E-state index contributed by atoms with van der Waals surface area (Å²) in [7, 11) is -5.72. The lowest BCUT2D eigenvalue weighted by Crippen LogP contribution is -2.42. The van der Waals surface area contributed by atoms with Crippen LogP contribution in [-0.2, 0) is 40.3 Å². The van der Waals surface area contributed by atoms with Crippen LogP contribution in [0.1, 0.15) is 89.5 Å². The van der Waals surface area contributed by atoms with Gasteiger partial charge < -0.3 is 33.3 Å². The molecule has 2 amide bonds. The number of rotatable bonds is 17. The minimum absolute atomic E-state index is 0.0641. The number of carbonyl (C=O) groups is 2. The van der Waals surface area contributed by atoms with E-state index >= 15 is 0 Å². The second-order valence-corrected chi connectivity index (χ2v) is 25.1. The van der Waals surface area contributed by atoms with Gasteiger partial charge in [0.2, 0.25) is 5.79 Å². The number of fused-ring (bicyclic) bond motifs is 1. The highest BCUT2D eigenvalue weighted by Crippen LogP contribution is 2.35. The molecule has 2 aliphatic heterocycles. The quantitative estimate of drug-likeness (QED) is 0.0500. The summed E-state index contributed by atoms with van der Waals surface area (Å²) in [6.07, 6.45) is 2.60. The van der Waals surface area contributed by atoms with Crippen LogP contribution in [0.15, 0.2) is 41.3 Å². The number of cyclic esters (lactones) is 1. The lowest BCUT2D eigenvalue weighted by Gasteiger charge is -2.32. The van der Waals surface area contributed by atoms with E-state index in [1.165, 1.54) is 12.1 Å². The Balaban J connectivity index is 1.17. The Hall–Kier alpha value is -2.88. The van der Waals surface area contributed by atoms with E-state index in [0.717, 1.165) is 48.6 Å². The first kappa shape index (κ1) is 44.8. The molecule has 0 aliphatic carbocycles. The fraction of sp³-hybridized carbons (Fsp3) is 0.600. The fourth-order valence-corrected chi connectivity index (χ4v) is 8.53. The summed E-state index contributed by atoms with van der Waals surface area (Å²) >= 11 is 2.04. The lowest BCUT2D eigenvalue weighted by atomic mass is 10.0. The number of amides is 2. The predicted molar refractivity (Wildman–Crippen MR) is 221 cm³/mol. The number of hydrogen-bond donors (Lipinski definition) is 0. The topological polar surface area (TPSA) is 130 Å². The van der Waals surface area contributed by atoms with Gasteiger partial charge in [-0.05, 0) is 98.1 Å². The number of sulfonamides is 1. The third-order valence-electron chi connectivity index (χ3n) is 8.61. The van der Waals surface area contributed by atoms with E-state index in [1.54, 1.807) is 31.7 Å². The molecule has 2 aromatic rings. The van der Waals surface area contributed by atoms with E-state index in [1.807, 2.05) is 54.6 Å². The van der Waals surface area contributed by atoms with Gasteiger partial charge in [0.1, 0.15) is 24.2 Å². The summed E-state index contributed by atoms with van der Waals surface area (Å²) in [5.41, 5.74) is 1.51. The van der Waals surface area contributed by atoms with Crippen molar-refractivity contribution in [2.24, 2.45) is 0 Å². The smallest absolute Gasteiger partial charge is 0.426 e. The molecule has 2 aromatic carbocycles. The van der Waals surface area contributed by atoms with Crippen LogP contribution < -0.4 is 4.74 Å². The first-order valence-electron chi connectivity index (χ1n) is 18.8. The molecule has 0 spiro atoms. The zero-order valence-electron chi connectivity index (χ0n) is 33.5. The molecule has 0 N–H and O–H groups in total. The van der Waals surface area contributed by atoms with Gasteiger partial charge in [-0.2, -0.15) is 4.31 Å². The maximum atomic E-state index is 13.8. The standard InChI is InChI=1S/C40H57IN2O10SSi/c1-39(2,3)53-38(45)43(29-49-21-22-55(6,7)8)54(46,47)34-24-30(23-33(41)26-34)15-11-14-20-48-19-13-10-9-12-18-42-27-36(51-37(42)44)31-16-17-35-32(25-31)28-50-40(4,5)52-35/h16-17,23-26,36H,9-10,12-14,18-22,27-29H2,1-8H3/t36-/m0/s1. The second-order valence-electron chi connectivity index (χ2n) is 16.4. The van der Waals surface area contributed by atoms with E-state index in [9.17, 15) is 18.0 Å². The maximum Gasteiger partial charge on any atom is 0.426 e. The van der Waals surface area contributed by atoms with E-state index in [-0.39, 0.29) is 17.1 Å². The van der Waals surface area contributed by atoms with Crippen LogP contribution >= 0.6 is 22.6 Å². The molecule has 2 aliphatic rings. The van der Waals surface area contributed by atoms with Crippen molar-refractivity contribution in [2.75, 3.05) is 39.6 Å². The second kappa shape index (κ2) is 19.5. The van der Waals surface area contributed by atoms with E-state index in [0.29, 0.717) is 59.4 Å². The highest BCUT2D eigenvalue weighted by Gasteiger charge is 2.35. The Morgan fingerprint density at radius 2 is 1.78 bits per heavy atom. The van der Waals surface area contributed by atoms with Crippen molar-refractivity contribution < 1.29 is 46.4 Å². The molecule has 0 bridgehead atoms. The molecule has 4 rings (SSSR count). The third-order valence-corrected chi connectivity index (χ3v) is 12.6. The summed E-state index contributed by atoms with van der Waals surface area (Å²) in [6.45, 7) is 18.0. The van der Waals surface area contributed by atoms with Gasteiger partial charge >= 0.3 is 12.2 Å². The Morgan fingerprint density at radius 3 is 2.51 bits per heavy atom. The summed E-state index contributed by atoms with van der Waals surface area (Å²) < 4.78 is 63.0. The van der Waals surface area contributed by atoms with Crippen LogP contribution in [0.4, 0.5) is 9.59 Å². The molecule has 304 valence electrons. The average molecular weight is 913 g/mol. The van der Waals surface area contributed by atoms with Crippen LogP contribution in [0, 0.1) is 15.4 Å². The Labute approximate surface area is 342 Å². The molecular weight excluding hydrogens is 856 g/mol. The highest BCUT2D eigenvalue weighted by molar-refractivity contribution is 14.1. The number of benzene rings is 2. The third kappa shape index (κ3) is 14.5. The Bertz CT molecular complexity index is 1810. The van der Waals surface area contributed by atoms with Gasteiger partial charge in [-0.25, -0.2) is 18.0 Å². The molecule has 1 saturated heterocycles. The number of ether oxygens (including phenoxy) is 6. The van der Waals surface area contributed by atoms with Crippen LogP contribution in [0.2, 0.25) is 25.7 Å². The molecule has 0 saturated carbocycles. The zero-order valence-corrected chi connectivity index (χ0v) is 37.5. The largest absolute Gasteiger partial charge is 0.463 e. The zero-order chi connectivity index (χ0) is 40.4. The van der Waals surface area contributed by atoms with Crippen molar-refractivity contribution in [2.45, 2.75) is 121 Å². The number of halogens is 1. The van der Waals surface area contributed by atoms with Gasteiger partial charge in [-0.1, -0.05) is 50.4 Å². The molecule has 1 atom stereocenters. The van der Waals surface area contributed by atoms with Crippen molar-refractivity contribution in [3.63, 3.8) is 0 Å². The maximum absolute atomic E-state index is 13.8. The molecule has 0 unspecified atom stereocenters. The van der Waals surface area contributed by atoms with E-state index in [2.05, 4.69) is 31.5 Å². The van der Waals surface area contributed by atoms with Gasteiger partial charge in [0.15, 0.2) is 0 Å². The van der Waals surface area contributed by atoms with Crippen molar-refractivity contribution in [1.29, 1.82) is 0 Å². The average Bonchev–Trinajstić information content (AvgIpc) is 3.44. The SMILES string of the molecule is CC(C)(C)OC(=O)N(COCC[Si](C)(C)C)S(=O)(=O)c1cc(I)cc(C#CCCOCCCCCCN2C[C@@H](c3ccc4c(c3)COC(C)(C)O4)OC2=O)c1. The Kier molecular flexibility index (Phi) is 15.9. The summed E-state index contributed by atoms with van der Waals surface area (Å²) in [6, 6.07) is 11.5. The van der Waals surface area contributed by atoms with Crippen molar-refractivity contribution in [1.82, 2.24) is 9.21 Å². The van der Waals surface area contributed by atoms with Gasteiger partial charge in [0.05, 0.1) is 24.7 Å². The van der Waals surface area contributed by atoms with Crippen LogP contribution in [0.3, 0.4) is 0 Å². The molecule has 0 radical (unpaired) electrons. The van der Waals surface area contributed by atoms with Crippen molar-refractivity contribution in [3.8, 4) is 17.6 Å². The Morgan fingerprint density at radius 1 is 1.04 bits per heavy atom. The summed E-state index contributed by atoms with van der Waals surface area (Å²) in [5.74, 6) is 6.24. The molecule has 55 heavy (non-hydrogen) atoms. The van der Waals surface area contributed by atoms with Gasteiger partial charge in [-0.3, -0.25) is 0 Å². The first-order valence-corrected chi connectivity index (χ1v) is 25.1. The van der Waals surface area contributed by atoms with Crippen LogP contribution in [0.5, 0.6) is 5.75 Å². The molecule has 1 fully saturated rings. The number of nitrogens with zero attached hydrogens (tertiary/aromatic N) is 2. The van der Waals surface area contributed by atoms with E-state index in [4.69, 9.17) is 28.4 Å². The summed E-state index contributed by atoms with van der Waals surface area (Å²) in [4.78, 5) is 27.3. The predicted octanol–water partition coefficient (Wildman–Crippen LogP) is 8.69. The molecule has 15 heteroatoms. The van der Waals surface area contributed by atoms with Crippen molar-refractivity contribution >= 4 is 52.9 Å². The van der Waals surface area contributed by atoms with Gasteiger partial charge in [-0.15, -0.1) is 0 Å². The first-order chi connectivity index (χ1) is 25.7. The lowest BCUT2D eigenvalue weighted by molar-refractivity contribution is -0.180. The number of carbonyl (C=O) groups excluding carboxylic acids is 2. The summed E-state index contributed by atoms with van der Waals surface area (Å²) in [5, 5.41) is 0. The monoisotopic (exact) mass is 912 g/mol. The number of unbranched alkanes of at least 4 members (excludes halogenated alkanes) is 3. The minimum atomic E-state index is -4.30. The normalized spacial score (nSPS) is 16.8. The molecule has 0 aromatic heterocycles. The van der Waals surface area contributed by atoms with E-state index < -0.39 is 42.3 Å². The fourth-order valence-electron chi connectivity index (χ4n) is 5.64. The van der Waals surface area contributed by atoms with Gasteiger partial charge in [0.25, 0.3) is 10.0 Å². The van der Waals surface area contributed by atoms with Crippen LogP contribution in [0.25, 0.3) is 0 Å². The highest BCUT2D eigenvalue weighted by atomic mass is 127. The van der Waals surface area contributed by atoms with Gasteiger partial charge in [0, 0.05) is 62.8 Å². The number of hydrogen-bond acceptors (Lipinski definition) is 10.